The molecule has 0 radical (unpaired) electrons. The van der Waals surface area contributed by atoms with Crippen LogP contribution < -0.4 is 10.5 Å². The third kappa shape index (κ3) is 2.96. The first-order chi connectivity index (χ1) is 9.30. The molecule has 0 fully saturated rings. The zero-order valence-electron chi connectivity index (χ0n) is 11.6. The molecule has 1 atom stereocenters. The Bertz CT molecular complexity index is 522. The third-order valence-corrected chi connectivity index (χ3v) is 3.52. The first-order valence-electron chi connectivity index (χ1n) is 6.72. The third-order valence-electron chi connectivity index (χ3n) is 3.52. The predicted octanol–water partition coefficient (Wildman–Crippen LogP) is 3.35. The summed E-state index contributed by atoms with van der Waals surface area (Å²) >= 11 is 0. The van der Waals surface area contributed by atoms with Crippen molar-refractivity contribution in [1.82, 2.24) is 0 Å². The number of hydrogen-bond donors (Lipinski definition) is 1. The molecule has 1 unspecified atom stereocenters. The van der Waals surface area contributed by atoms with Gasteiger partial charge in [-0.1, -0.05) is 49.4 Å². The summed E-state index contributed by atoms with van der Waals surface area (Å²) in [5, 5.41) is 0. The molecular weight excluding hydrogens is 234 g/mol. The topological polar surface area (TPSA) is 35.2 Å². The molecule has 0 heterocycles. The summed E-state index contributed by atoms with van der Waals surface area (Å²) < 4.78 is 5.49. The van der Waals surface area contributed by atoms with Gasteiger partial charge in [-0.2, -0.15) is 0 Å². The highest BCUT2D eigenvalue weighted by Crippen LogP contribution is 2.32. The Balaban J connectivity index is 2.48. The summed E-state index contributed by atoms with van der Waals surface area (Å²) in [4.78, 5) is 0. The molecule has 0 aliphatic heterocycles. The maximum atomic E-state index is 6.00. The zero-order chi connectivity index (χ0) is 13.7. The van der Waals surface area contributed by atoms with Crippen LogP contribution in [0.3, 0.4) is 0 Å². The Labute approximate surface area is 115 Å². The van der Waals surface area contributed by atoms with Crippen molar-refractivity contribution in [2.24, 2.45) is 5.73 Å². The van der Waals surface area contributed by atoms with Gasteiger partial charge in [-0.05, 0) is 23.6 Å². The van der Waals surface area contributed by atoms with Gasteiger partial charge in [-0.15, -0.1) is 0 Å². The number of methoxy groups -OCH3 is 1. The number of benzene rings is 2. The molecule has 2 aromatic rings. The van der Waals surface area contributed by atoms with Gasteiger partial charge in [0.1, 0.15) is 5.75 Å². The molecule has 0 aromatic heterocycles. The quantitative estimate of drug-likeness (QED) is 0.889. The monoisotopic (exact) mass is 255 g/mol. The lowest BCUT2D eigenvalue weighted by Gasteiger charge is -2.19. The summed E-state index contributed by atoms with van der Waals surface area (Å²) in [6.45, 7) is 2.74. The number of rotatable bonds is 5. The van der Waals surface area contributed by atoms with Gasteiger partial charge in [0, 0.05) is 18.0 Å². The van der Waals surface area contributed by atoms with E-state index in [1.165, 1.54) is 16.7 Å². The van der Waals surface area contributed by atoms with Gasteiger partial charge in [0.15, 0.2) is 0 Å². The molecule has 100 valence electrons. The molecule has 2 rings (SSSR count). The fourth-order valence-electron chi connectivity index (χ4n) is 2.40. The molecule has 0 aliphatic rings. The van der Waals surface area contributed by atoms with Crippen LogP contribution in [0.4, 0.5) is 0 Å². The van der Waals surface area contributed by atoms with E-state index in [0.717, 1.165) is 12.2 Å². The van der Waals surface area contributed by atoms with Crippen LogP contribution in [0.5, 0.6) is 5.75 Å². The molecule has 2 N–H and O–H groups in total. The zero-order valence-corrected chi connectivity index (χ0v) is 11.6. The average Bonchev–Trinajstić information content (AvgIpc) is 2.49. The summed E-state index contributed by atoms with van der Waals surface area (Å²) in [6.07, 6.45) is 1.02. The van der Waals surface area contributed by atoms with Crippen molar-refractivity contribution < 1.29 is 4.74 Å². The first kappa shape index (κ1) is 13.6. The largest absolute Gasteiger partial charge is 0.496 e. The fraction of sp³-hybridized carbons (Fsp3) is 0.294. The molecule has 0 saturated heterocycles. The van der Waals surface area contributed by atoms with Crippen LogP contribution in [0.2, 0.25) is 0 Å². The predicted molar refractivity (Wildman–Crippen MR) is 79.7 cm³/mol. The minimum atomic E-state index is 0.183. The molecular formula is C17H21NO. The smallest absolute Gasteiger partial charge is 0.122 e. The first-order valence-corrected chi connectivity index (χ1v) is 6.72. The Morgan fingerprint density at radius 1 is 1.11 bits per heavy atom. The Morgan fingerprint density at radius 2 is 1.84 bits per heavy atom. The van der Waals surface area contributed by atoms with Gasteiger partial charge in [0.2, 0.25) is 0 Å². The molecule has 19 heavy (non-hydrogen) atoms. The van der Waals surface area contributed by atoms with Gasteiger partial charge in [0.25, 0.3) is 0 Å². The average molecular weight is 255 g/mol. The van der Waals surface area contributed by atoms with Gasteiger partial charge in [0.05, 0.1) is 7.11 Å². The standard InChI is InChI=1S/C17H21NO/c1-3-13-9-10-17(19-2)15(11-13)16(12-18)14-7-5-4-6-8-14/h4-11,16H,3,12,18H2,1-2H3. The van der Waals surface area contributed by atoms with Gasteiger partial charge in [-0.25, -0.2) is 0 Å². The minimum Gasteiger partial charge on any atom is -0.496 e. The summed E-state index contributed by atoms with van der Waals surface area (Å²) in [7, 11) is 1.71. The molecule has 0 amide bonds. The minimum absolute atomic E-state index is 0.183. The molecule has 0 aliphatic carbocycles. The number of nitrogens with two attached hydrogens (primary N) is 1. The molecule has 0 spiro atoms. The van der Waals surface area contributed by atoms with Crippen molar-refractivity contribution in [2.75, 3.05) is 13.7 Å². The Morgan fingerprint density at radius 3 is 2.42 bits per heavy atom. The van der Waals surface area contributed by atoms with E-state index in [9.17, 15) is 0 Å². The summed E-state index contributed by atoms with van der Waals surface area (Å²) in [5.74, 6) is 1.10. The lowest BCUT2D eigenvalue weighted by molar-refractivity contribution is 0.407. The second kappa shape index (κ2) is 6.39. The van der Waals surface area contributed by atoms with E-state index in [1.807, 2.05) is 24.3 Å². The van der Waals surface area contributed by atoms with Crippen molar-refractivity contribution in [1.29, 1.82) is 0 Å². The van der Waals surface area contributed by atoms with Crippen LogP contribution in [-0.4, -0.2) is 13.7 Å². The summed E-state index contributed by atoms with van der Waals surface area (Å²) in [6, 6.07) is 16.7. The highest BCUT2D eigenvalue weighted by atomic mass is 16.5. The van der Waals surface area contributed by atoms with Crippen LogP contribution in [0.25, 0.3) is 0 Å². The van der Waals surface area contributed by atoms with E-state index < -0.39 is 0 Å². The van der Waals surface area contributed by atoms with Crippen LogP contribution in [-0.2, 0) is 6.42 Å². The molecule has 0 bridgehead atoms. The highest BCUT2D eigenvalue weighted by molar-refractivity contribution is 5.44. The van der Waals surface area contributed by atoms with E-state index >= 15 is 0 Å². The van der Waals surface area contributed by atoms with E-state index in [0.29, 0.717) is 6.54 Å². The molecule has 0 saturated carbocycles. The number of ether oxygens (including phenoxy) is 1. The SMILES string of the molecule is CCc1ccc(OC)c(C(CN)c2ccccc2)c1. The van der Waals surface area contributed by atoms with E-state index in [2.05, 4.69) is 31.2 Å². The maximum Gasteiger partial charge on any atom is 0.122 e. The van der Waals surface area contributed by atoms with Crippen LogP contribution in [0.1, 0.15) is 29.5 Å². The fourth-order valence-corrected chi connectivity index (χ4v) is 2.40. The van der Waals surface area contributed by atoms with Gasteiger partial charge < -0.3 is 10.5 Å². The van der Waals surface area contributed by atoms with Crippen molar-refractivity contribution >= 4 is 0 Å². The van der Waals surface area contributed by atoms with Crippen LogP contribution >= 0.6 is 0 Å². The van der Waals surface area contributed by atoms with Gasteiger partial charge in [-0.3, -0.25) is 0 Å². The van der Waals surface area contributed by atoms with Crippen LogP contribution in [0, 0.1) is 0 Å². The number of hydrogen-bond acceptors (Lipinski definition) is 2. The highest BCUT2D eigenvalue weighted by Gasteiger charge is 2.17. The van der Waals surface area contributed by atoms with E-state index in [-0.39, 0.29) is 5.92 Å². The second-order valence-corrected chi connectivity index (χ2v) is 4.63. The van der Waals surface area contributed by atoms with Crippen molar-refractivity contribution in [2.45, 2.75) is 19.3 Å². The normalized spacial score (nSPS) is 12.2. The van der Waals surface area contributed by atoms with Crippen molar-refractivity contribution in [3.05, 3.63) is 65.2 Å². The Kier molecular flexibility index (Phi) is 4.58. The second-order valence-electron chi connectivity index (χ2n) is 4.63. The molecule has 2 nitrogen and oxygen atoms in total. The summed E-state index contributed by atoms with van der Waals surface area (Å²) in [5.41, 5.74) is 9.72. The van der Waals surface area contributed by atoms with Crippen molar-refractivity contribution in [3.63, 3.8) is 0 Å². The maximum absolute atomic E-state index is 6.00. The van der Waals surface area contributed by atoms with E-state index in [4.69, 9.17) is 10.5 Å². The van der Waals surface area contributed by atoms with Crippen molar-refractivity contribution in [3.8, 4) is 5.75 Å². The molecule has 2 aromatic carbocycles. The molecule has 2 heteroatoms. The lowest BCUT2D eigenvalue weighted by atomic mass is 9.89. The number of aryl methyl sites for hydroxylation is 1. The van der Waals surface area contributed by atoms with E-state index in [1.54, 1.807) is 7.11 Å². The Hall–Kier alpha value is -1.80. The lowest BCUT2D eigenvalue weighted by Crippen LogP contribution is -2.15. The van der Waals surface area contributed by atoms with Gasteiger partial charge >= 0.3 is 0 Å². The van der Waals surface area contributed by atoms with Crippen LogP contribution in [0.15, 0.2) is 48.5 Å².